The predicted octanol–water partition coefficient (Wildman–Crippen LogP) is 1.70. The summed E-state index contributed by atoms with van der Waals surface area (Å²) in [6.45, 7) is 3.56. The second kappa shape index (κ2) is 5.92. The lowest BCUT2D eigenvalue weighted by atomic mass is 10.0. The summed E-state index contributed by atoms with van der Waals surface area (Å²) in [6, 6.07) is 8.20. The molecule has 2 unspecified atom stereocenters. The van der Waals surface area contributed by atoms with Crippen LogP contribution < -0.4 is 10.2 Å². The number of carbonyl (C=O) groups excluding carboxylic acids is 1. The smallest absolute Gasteiger partial charge is 0.246 e. The van der Waals surface area contributed by atoms with Crippen LogP contribution in [0.4, 0.5) is 5.69 Å². The van der Waals surface area contributed by atoms with E-state index in [0.717, 1.165) is 16.7 Å². The van der Waals surface area contributed by atoms with Crippen LogP contribution in [-0.2, 0) is 4.79 Å². The maximum Gasteiger partial charge on any atom is 0.246 e. The zero-order valence-electron chi connectivity index (χ0n) is 11.6. The van der Waals surface area contributed by atoms with Gasteiger partial charge in [-0.25, -0.2) is 0 Å². The van der Waals surface area contributed by atoms with Crippen molar-refractivity contribution in [2.24, 2.45) is 0 Å². The van der Waals surface area contributed by atoms with E-state index in [2.05, 4.69) is 39.1 Å². The first kappa shape index (κ1) is 14.3. The number of piperazine rings is 1. The number of benzene rings is 1. The van der Waals surface area contributed by atoms with Gasteiger partial charge in [0.2, 0.25) is 5.91 Å². The van der Waals surface area contributed by atoms with E-state index in [1.54, 1.807) is 0 Å². The minimum Gasteiger partial charge on any atom is -0.353 e. The highest BCUT2D eigenvalue weighted by Crippen LogP contribution is 2.31. The maximum atomic E-state index is 12.4. The van der Waals surface area contributed by atoms with Gasteiger partial charge in [0.1, 0.15) is 6.04 Å². The third-order valence-electron chi connectivity index (χ3n) is 3.54. The molecule has 0 bridgehead atoms. The van der Waals surface area contributed by atoms with Crippen LogP contribution in [0, 0.1) is 0 Å². The number of nitrogens with zero attached hydrogens (tertiary/aromatic N) is 2. The molecule has 0 spiro atoms. The normalized spacial score (nSPS) is 23.9. The van der Waals surface area contributed by atoms with E-state index in [4.69, 9.17) is 0 Å². The van der Waals surface area contributed by atoms with Gasteiger partial charge in [0.05, 0.1) is 5.69 Å². The first-order chi connectivity index (χ1) is 9.06. The lowest BCUT2D eigenvalue weighted by Crippen LogP contribution is -2.62. The molecule has 1 N–H and O–H groups in total. The van der Waals surface area contributed by atoms with Gasteiger partial charge in [-0.2, -0.15) is 0 Å². The van der Waals surface area contributed by atoms with Gasteiger partial charge < -0.3 is 15.1 Å². The number of anilines is 1. The topological polar surface area (TPSA) is 35.6 Å². The molecule has 1 saturated heterocycles. The Labute approximate surface area is 122 Å². The molecule has 1 aromatic rings. The number of likely N-dealkylation sites (N-methyl/N-ethyl adjacent to an activating group) is 2. The van der Waals surface area contributed by atoms with Crippen molar-refractivity contribution in [2.45, 2.75) is 19.0 Å². The monoisotopic (exact) mass is 325 g/mol. The van der Waals surface area contributed by atoms with Crippen LogP contribution in [0.25, 0.3) is 0 Å². The number of hydrogen-bond donors (Lipinski definition) is 1. The Morgan fingerprint density at radius 1 is 1.42 bits per heavy atom. The fourth-order valence-corrected chi connectivity index (χ4v) is 3.19. The Balaban J connectivity index is 2.39. The van der Waals surface area contributed by atoms with E-state index >= 15 is 0 Å². The molecule has 2 rings (SSSR count). The van der Waals surface area contributed by atoms with Crippen molar-refractivity contribution < 1.29 is 4.79 Å². The molecule has 1 aliphatic rings. The molecular weight excluding hydrogens is 306 g/mol. The highest BCUT2D eigenvalue weighted by molar-refractivity contribution is 9.10. The van der Waals surface area contributed by atoms with Crippen LogP contribution in [-0.4, -0.2) is 50.1 Å². The molecule has 1 fully saturated rings. The van der Waals surface area contributed by atoms with Gasteiger partial charge in [0, 0.05) is 30.7 Å². The molecule has 19 heavy (non-hydrogen) atoms. The Kier molecular flexibility index (Phi) is 4.47. The van der Waals surface area contributed by atoms with E-state index in [9.17, 15) is 4.79 Å². The minimum absolute atomic E-state index is 0.155. The quantitative estimate of drug-likeness (QED) is 0.918. The average Bonchev–Trinajstić information content (AvgIpc) is 2.38. The Morgan fingerprint density at radius 3 is 2.74 bits per heavy atom. The first-order valence-corrected chi connectivity index (χ1v) is 7.28. The number of halogens is 1. The average molecular weight is 326 g/mol. The molecule has 5 heteroatoms. The van der Waals surface area contributed by atoms with Crippen molar-refractivity contribution in [3.63, 3.8) is 0 Å². The van der Waals surface area contributed by atoms with Crippen molar-refractivity contribution in [1.82, 2.24) is 10.2 Å². The first-order valence-electron chi connectivity index (χ1n) is 6.48. The third-order valence-corrected chi connectivity index (χ3v) is 4.21. The summed E-state index contributed by atoms with van der Waals surface area (Å²) in [7, 11) is 3.75. The van der Waals surface area contributed by atoms with E-state index < -0.39 is 0 Å². The van der Waals surface area contributed by atoms with E-state index in [1.165, 1.54) is 0 Å². The van der Waals surface area contributed by atoms with Crippen LogP contribution >= 0.6 is 15.9 Å². The molecule has 1 aliphatic heterocycles. The Bertz CT molecular complexity index is 466. The summed E-state index contributed by atoms with van der Waals surface area (Å²) in [6.07, 6.45) is 0. The number of amides is 1. The van der Waals surface area contributed by atoms with Crippen molar-refractivity contribution in [2.75, 3.05) is 32.1 Å². The van der Waals surface area contributed by atoms with Crippen molar-refractivity contribution >= 4 is 27.5 Å². The molecule has 0 aliphatic carbocycles. The second-order valence-electron chi connectivity index (χ2n) is 5.00. The summed E-state index contributed by atoms with van der Waals surface area (Å²) in [5.41, 5.74) is 1.08. The standard InChI is InChI=1S/C14H20BrN3O/c1-10-9-17(3)14(19)13(8-16-2)18(10)12-7-5-4-6-11(12)15/h4-7,10,13,16H,8-9H2,1-3H3. The van der Waals surface area contributed by atoms with Gasteiger partial charge in [-0.3, -0.25) is 4.79 Å². The van der Waals surface area contributed by atoms with Crippen LogP contribution in [0.3, 0.4) is 0 Å². The Morgan fingerprint density at radius 2 is 2.11 bits per heavy atom. The molecule has 1 heterocycles. The fraction of sp³-hybridized carbons (Fsp3) is 0.500. The summed E-state index contributed by atoms with van der Waals surface area (Å²) in [5, 5.41) is 3.12. The summed E-state index contributed by atoms with van der Waals surface area (Å²) < 4.78 is 1.03. The van der Waals surface area contributed by atoms with Crippen LogP contribution in [0.2, 0.25) is 0 Å². The summed E-state index contributed by atoms with van der Waals surface area (Å²) in [4.78, 5) is 16.4. The molecule has 0 saturated carbocycles. The minimum atomic E-state index is -0.155. The number of para-hydroxylation sites is 1. The highest BCUT2D eigenvalue weighted by atomic mass is 79.9. The zero-order chi connectivity index (χ0) is 14.0. The third kappa shape index (κ3) is 2.77. The van der Waals surface area contributed by atoms with Gasteiger partial charge in [-0.1, -0.05) is 12.1 Å². The van der Waals surface area contributed by atoms with Gasteiger partial charge in [-0.15, -0.1) is 0 Å². The van der Waals surface area contributed by atoms with Crippen molar-refractivity contribution in [3.05, 3.63) is 28.7 Å². The largest absolute Gasteiger partial charge is 0.353 e. The van der Waals surface area contributed by atoms with Gasteiger partial charge >= 0.3 is 0 Å². The molecule has 0 aromatic heterocycles. The highest BCUT2D eigenvalue weighted by Gasteiger charge is 2.37. The van der Waals surface area contributed by atoms with E-state index in [-0.39, 0.29) is 11.9 Å². The molecule has 1 aromatic carbocycles. The van der Waals surface area contributed by atoms with Crippen molar-refractivity contribution in [3.8, 4) is 0 Å². The predicted molar refractivity (Wildman–Crippen MR) is 81.4 cm³/mol. The van der Waals surface area contributed by atoms with E-state index in [1.807, 2.05) is 37.2 Å². The SMILES string of the molecule is CNCC1C(=O)N(C)CC(C)N1c1ccccc1Br. The van der Waals surface area contributed by atoms with Crippen LogP contribution in [0.5, 0.6) is 0 Å². The van der Waals surface area contributed by atoms with Gasteiger partial charge in [0.15, 0.2) is 0 Å². The lowest BCUT2D eigenvalue weighted by molar-refractivity contribution is -0.133. The molecule has 2 atom stereocenters. The Hall–Kier alpha value is -1.07. The van der Waals surface area contributed by atoms with Gasteiger partial charge in [-0.05, 0) is 42.0 Å². The van der Waals surface area contributed by atoms with Crippen LogP contribution in [0.1, 0.15) is 6.92 Å². The number of hydrogen-bond acceptors (Lipinski definition) is 3. The van der Waals surface area contributed by atoms with Crippen LogP contribution in [0.15, 0.2) is 28.7 Å². The van der Waals surface area contributed by atoms with Gasteiger partial charge in [0.25, 0.3) is 0 Å². The molecule has 104 valence electrons. The number of rotatable bonds is 3. The maximum absolute atomic E-state index is 12.4. The number of nitrogens with one attached hydrogen (secondary N) is 1. The summed E-state index contributed by atoms with van der Waals surface area (Å²) >= 11 is 3.59. The second-order valence-corrected chi connectivity index (χ2v) is 5.85. The molecule has 1 amide bonds. The summed E-state index contributed by atoms with van der Waals surface area (Å²) in [5.74, 6) is 0.170. The van der Waals surface area contributed by atoms with E-state index in [0.29, 0.717) is 12.6 Å². The van der Waals surface area contributed by atoms with Crippen molar-refractivity contribution in [1.29, 1.82) is 0 Å². The fourth-order valence-electron chi connectivity index (χ4n) is 2.70. The molecule has 0 radical (unpaired) electrons. The molecular formula is C14H20BrN3O. The zero-order valence-corrected chi connectivity index (χ0v) is 13.1. The lowest BCUT2D eigenvalue weighted by Gasteiger charge is -2.45. The number of carbonyl (C=O) groups is 1. The molecule has 4 nitrogen and oxygen atoms in total.